The second-order valence-electron chi connectivity index (χ2n) is 7.14. The van der Waals surface area contributed by atoms with Gasteiger partial charge in [0.15, 0.2) is 0 Å². The summed E-state index contributed by atoms with van der Waals surface area (Å²) >= 11 is 0. The Labute approximate surface area is 173 Å². The lowest BCUT2D eigenvalue weighted by molar-refractivity contribution is -0.143. The molecule has 13 nitrogen and oxygen atoms in total. The third kappa shape index (κ3) is 9.15. The summed E-state index contributed by atoms with van der Waals surface area (Å²) in [4.78, 5) is 58.9. The zero-order valence-corrected chi connectivity index (χ0v) is 17.1. The van der Waals surface area contributed by atoms with E-state index in [1.807, 2.05) is 0 Å². The highest BCUT2D eigenvalue weighted by atomic mass is 16.4. The first-order valence-electron chi connectivity index (χ1n) is 9.28. The van der Waals surface area contributed by atoms with Gasteiger partial charge in [0.05, 0.1) is 12.7 Å². The molecule has 5 atom stereocenters. The van der Waals surface area contributed by atoms with Crippen LogP contribution in [0.4, 0.5) is 0 Å². The third-order valence-corrected chi connectivity index (χ3v) is 4.18. The van der Waals surface area contributed by atoms with Crippen molar-refractivity contribution >= 4 is 29.6 Å². The summed E-state index contributed by atoms with van der Waals surface area (Å²) < 4.78 is 0. The van der Waals surface area contributed by atoms with Crippen LogP contribution in [0.1, 0.15) is 33.6 Å². The van der Waals surface area contributed by atoms with Crippen molar-refractivity contribution in [1.82, 2.24) is 16.0 Å². The number of aliphatic hydroxyl groups is 2. The van der Waals surface area contributed by atoms with E-state index >= 15 is 0 Å². The molecule has 30 heavy (non-hydrogen) atoms. The zero-order valence-electron chi connectivity index (χ0n) is 17.1. The summed E-state index contributed by atoms with van der Waals surface area (Å²) in [7, 11) is 0. The Bertz CT molecular complexity index is 640. The number of nitrogens with two attached hydrogens (primary N) is 2. The number of hydrogen-bond donors (Lipinski definition) is 8. The highest BCUT2D eigenvalue weighted by Crippen LogP contribution is 2.05. The molecule has 0 aromatic carbocycles. The molecule has 0 fully saturated rings. The molecule has 172 valence electrons. The van der Waals surface area contributed by atoms with Crippen molar-refractivity contribution in [3.8, 4) is 0 Å². The molecular formula is C17H31N5O8. The Balaban J connectivity index is 5.17. The zero-order chi connectivity index (χ0) is 23.6. The van der Waals surface area contributed by atoms with Crippen LogP contribution in [0.3, 0.4) is 0 Å². The molecule has 0 spiro atoms. The van der Waals surface area contributed by atoms with Crippen molar-refractivity contribution < 1.29 is 39.3 Å². The monoisotopic (exact) mass is 433 g/mol. The smallest absolute Gasteiger partial charge is 0.326 e. The van der Waals surface area contributed by atoms with Crippen LogP contribution in [-0.2, 0) is 24.0 Å². The summed E-state index contributed by atoms with van der Waals surface area (Å²) in [6.45, 7) is 3.66. The van der Waals surface area contributed by atoms with E-state index in [0.29, 0.717) is 0 Å². The van der Waals surface area contributed by atoms with Crippen molar-refractivity contribution in [2.24, 2.45) is 17.4 Å². The van der Waals surface area contributed by atoms with Crippen LogP contribution >= 0.6 is 0 Å². The number of primary amides is 1. The van der Waals surface area contributed by atoms with E-state index in [1.54, 1.807) is 13.8 Å². The van der Waals surface area contributed by atoms with E-state index in [9.17, 15) is 34.2 Å². The van der Waals surface area contributed by atoms with Crippen LogP contribution in [0.15, 0.2) is 0 Å². The molecule has 4 amide bonds. The third-order valence-electron chi connectivity index (χ3n) is 4.18. The maximum Gasteiger partial charge on any atom is 0.326 e. The topological polar surface area (TPSA) is 234 Å². The molecule has 0 radical (unpaired) electrons. The lowest BCUT2D eigenvalue weighted by Gasteiger charge is -2.26. The molecule has 13 heteroatoms. The van der Waals surface area contributed by atoms with Gasteiger partial charge in [-0.3, -0.25) is 19.2 Å². The average Bonchev–Trinajstić information content (AvgIpc) is 2.65. The van der Waals surface area contributed by atoms with Crippen molar-refractivity contribution in [2.75, 3.05) is 6.61 Å². The number of aliphatic carboxylic acids is 1. The highest BCUT2D eigenvalue weighted by Gasteiger charge is 2.32. The lowest BCUT2D eigenvalue weighted by atomic mass is 10.0. The Hall–Kier alpha value is -2.77. The van der Waals surface area contributed by atoms with Crippen LogP contribution in [0.2, 0.25) is 0 Å². The van der Waals surface area contributed by atoms with Gasteiger partial charge in [0, 0.05) is 6.42 Å². The van der Waals surface area contributed by atoms with Crippen LogP contribution in [0.5, 0.6) is 0 Å². The molecule has 5 unspecified atom stereocenters. The molecule has 0 aliphatic heterocycles. The largest absolute Gasteiger partial charge is 0.480 e. The number of aliphatic hydroxyl groups excluding tert-OH is 2. The van der Waals surface area contributed by atoms with Crippen molar-refractivity contribution in [2.45, 2.75) is 63.9 Å². The van der Waals surface area contributed by atoms with Gasteiger partial charge in [0.25, 0.3) is 0 Å². The fourth-order valence-corrected chi connectivity index (χ4v) is 2.28. The van der Waals surface area contributed by atoms with Gasteiger partial charge in [-0.05, 0) is 19.3 Å². The molecule has 0 heterocycles. The molecule has 0 aromatic heterocycles. The van der Waals surface area contributed by atoms with Gasteiger partial charge in [0.2, 0.25) is 23.6 Å². The minimum atomic E-state index is -1.52. The number of amides is 4. The van der Waals surface area contributed by atoms with E-state index < -0.39 is 72.4 Å². The number of nitrogens with one attached hydrogen (secondary N) is 3. The van der Waals surface area contributed by atoms with Crippen LogP contribution in [0, 0.1) is 5.92 Å². The van der Waals surface area contributed by atoms with Gasteiger partial charge in [0.1, 0.15) is 24.2 Å². The molecule has 0 bridgehead atoms. The summed E-state index contributed by atoms with van der Waals surface area (Å²) in [5, 5.41) is 34.7. The summed E-state index contributed by atoms with van der Waals surface area (Å²) in [5.74, 6) is -5.24. The van der Waals surface area contributed by atoms with Gasteiger partial charge in [-0.25, -0.2) is 4.79 Å². The van der Waals surface area contributed by atoms with Gasteiger partial charge in [-0.1, -0.05) is 13.8 Å². The van der Waals surface area contributed by atoms with E-state index in [1.165, 1.54) is 6.92 Å². The fourth-order valence-electron chi connectivity index (χ4n) is 2.28. The predicted molar refractivity (Wildman–Crippen MR) is 103 cm³/mol. The van der Waals surface area contributed by atoms with Gasteiger partial charge in [-0.15, -0.1) is 0 Å². The molecule has 0 aliphatic rings. The van der Waals surface area contributed by atoms with Crippen LogP contribution in [-0.4, -0.2) is 81.8 Å². The molecule has 0 saturated carbocycles. The van der Waals surface area contributed by atoms with E-state index in [0.717, 1.165) is 0 Å². The summed E-state index contributed by atoms with van der Waals surface area (Å²) in [5.41, 5.74) is 10.5. The van der Waals surface area contributed by atoms with Gasteiger partial charge in [-0.2, -0.15) is 0 Å². The van der Waals surface area contributed by atoms with Crippen molar-refractivity contribution in [3.63, 3.8) is 0 Å². The van der Waals surface area contributed by atoms with E-state index in [2.05, 4.69) is 16.0 Å². The molecule has 0 rings (SSSR count). The number of carbonyl (C=O) groups is 5. The Morgan fingerprint density at radius 2 is 1.43 bits per heavy atom. The molecule has 0 aromatic rings. The second-order valence-corrected chi connectivity index (χ2v) is 7.14. The Morgan fingerprint density at radius 1 is 0.900 bits per heavy atom. The minimum Gasteiger partial charge on any atom is -0.480 e. The first-order chi connectivity index (χ1) is 13.8. The molecule has 0 aliphatic carbocycles. The van der Waals surface area contributed by atoms with Crippen molar-refractivity contribution in [3.05, 3.63) is 0 Å². The van der Waals surface area contributed by atoms with Crippen LogP contribution in [0.25, 0.3) is 0 Å². The number of rotatable bonds is 13. The van der Waals surface area contributed by atoms with Gasteiger partial charge >= 0.3 is 5.97 Å². The van der Waals surface area contributed by atoms with Crippen molar-refractivity contribution in [1.29, 1.82) is 0 Å². The Kier molecular flexibility index (Phi) is 11.5. The minimum absolute atomic E-state index is 0.273. The number of hydrogen-bond acceptors (Lipinski definition) is 8. The van der Waals surface area contributed by atoms with E-state index in [4.69, 9.17) is 16.6 Å². The second kappa shape index (κ2) is 12.7. The normalized spacial score (nSPS) is 16.0. The number of carboxylic acid groups (broad SMARTS) is 1. The quantitative estimate of drug-likeness (QED) is 0.142. The summed E-state index contributed by atoms with van der Waals surface area (Å²) in [6.07, 6.45) is -1.73. The Morgan fingerprint density at radius 3 is 1.83 bits per heavy atom. The fraction of sp³-hybridized carbons (Fsp3) is 0.706. The first-order valence-corrected chi connectivity index (χ1v) is 9.28. The lowest BCUT2D eigenvalue weighted by Crippen LogP contribution is -2.60. The maximum atomic E-state index is 12.5. The number of carboxylic acids is 1. The molecule has 10 N–H and O–H groups in total. The summed E-state index contributed by atoms with van der Waals surface area (Å²) in [6, 6.07) is -5.40. The molecular weight excluding hydrogens is 402 g/mol. The standard InChI is InChI=1S/C17H31N5O8/c1-7(2)13(22-15(27)12(19)8(3)24)16(28)21-10(6-23)14(26)20-9(17(29)30)4-5-11(18)25/h7-10,12-13,23-24H,4-6,19H2,1-3H3,(H2,18,25)(H,20,26)(H,21,28)(H,22,27)(H,29,30). The SMILES string of the molecule is CC(C)C(NC(=O)C(N)C(C)O)C(=O)NC(CO)C(=O)NC(CCC(N)=O)C(=O)O. The van der Waals surface area contributed by atoms with Gasteiger partial charge < -0.3 is 42.7 Å². The first kappa shape index (κ1) is 27.2. The maximum absolute atomic E-state index is 12.5. The van der Waals surface area contributed by atoms with E-state index in [-0.39, 0.29) is 12.8 Å². The molecule has 0 saturated heterocycles. The number of carbonyl (C=O) groups excluding carboxylic acids is 4. The van der Waals surface area contributed by atoms with Crippen LogP contribution < -0.4 is 27.4 Å². The average molecular weight is 433 g/mol. The highest BCUT2D eigenvalue weighted by molar-refractivity contribution is 5.94. The predicted octanol–water partition coefficient (Wildman–Crippen LogP) is -3.85.